The summed E-state index contributed by atoms with van der Waals surface area (Å²) in [6, 6.07) is 0. The van der Waals surface area contributed by atoms with Crippen molar-refractivity contribution in [3.63, 3.8) is 0 Å². The summed E-state index contributed by atoms with van der Waals surface area (Å²) in [5.41, 5.74) is 0. The lowest BCUT2D eigenvalue weighted by molar-refractivity contribution is 0.693. The minimum Gasteiger partial charge on any atom is -0.0917 e. The third-order valence-electron chi connectivity index (χ3n) is 2.18. The van der Waals surface area contributed by atoms with Crippen molar-refractivity contribution in [1.82, 2.24) is 0 Å². The van der Waals surface area contributed by atoms with Gasteiger partial charge in [0.25, 0.3) is 0 Å². The molecule has 1 radical (unpaired) electrons. The summed E-state index contributed by atoms with van der Waals surface area (Å²) >= 11 is 0. The lowest BCUT2D eigenvalue weighted by Gasteiger charge is -2.07. The lowest BCUT2D eigenvalue weighted by Crippen LogP contribution is -1.90. The first kappa shape index (κ1) is 12.5. The molecule has 0 bridgehead atoms. The van der Waals surface area contributed by atoms with Crippen LogP contribution in [-0.4, -0.2) is 0 Å². The van der Waals surface area contributed by atoms with Crippen LogP contribution in [0.15, 0.2) is 24.3 Å². The molecule has 0 saturated carbocycles. The average molecular weight is 179 g/mol. The largest absolute Gasteiger partial charge is 0.0917 e. The summed E-state index contributed by atoms with van der Waals surface area (Å²) in [5.74, 6) is 1.64. The Kier molecular flexibility index (Phi) is 9.18. The van der Waals surface area contributed by atoms with Crippen LogP contribution < -0.4 is 0 Å². The van der Waals surface area contributed by atoms with Gasteiger partial charge in [-0.1, -0.05) is 31.2 Å². The molecule has 0 nitrogen and oxygen atoms in total. The summed E-state index contributed by atoms with van der Waals surface area (Å²) in [7, 11) is 0. The van der Waals surface area contributed by atoms with Crippen LogP contribution in [0.2, 0.25) is 0 Å². The second kappa shape index (κ2) is 9.57. The second-order valence-electron chi connectivity index (χ2n) is 3.53. The molecule has 75 valence electrons. The van der Waals surface area contributed by atoms with Gasteiger partial charge in [-0.2, -0.15) is 0 Å². The first-order chi connectivity index (χ1) is 6.31. The molecule has 0 heteroatoms. The molecule has 0 aliphatic heterocycles. The third kappa shape index (κ3) is 9.39. The topological polar surface area (TPSA) is 0 Å². The quantitative estimate of drug-likeness (QED) is 0.393. The molecule has 0 N–H and O–H groups in total. The minimum absolute atomic E-state index is 1.21. The Hall–Kier alpha value is -0.520. The predicted octanol–water partition coefficient (Wildman–Crippen LogP) is 4.68. The fourth-order valence-corrected chi connectivity index (χ4v) is 1.31. The van der Waals surface area contributed by atoms with Crippen LogP contribution in [0.25, 0.3) is 0 Å². The van der Waals surface area contributed by atoms with Crippen molar-refractivity contribution in [2.75, 3.05) is 0 Å². The number of unbranched alkanes of at least 4 members (excludes halogenated alkanes) is 1. The van der Waals surface area contributed by atoms with E-state index >= 15 is 0 Å². The zero-order chi connectivity index (χ0) is 9.94. The Morgan fingerprint density at radius 3 is 2.15 bits per heavy atom. The highest BCUT2D eigenvalue weighted by Crippen LogP contribution is 2.16. The summed E-state index contributed by atoms with van der Waals surface area (Å²) in [5, 5.41) is 0. The molecule has 13 heavy (non-hydrogen) atoms. The van der Waals surface area contributed by atoms with Gasteiger partial charge in [-0.15, -0.1) is 0 Å². The second-order valence-corrected chi connectivity index (χ2v) is 3.53. The van der Waals surface area contributed by atoms with Crippen LogP contribution in [0.4, 0.5) is 0 Å². The molecule has 0 fully saturated rings. The van der Waals surface area contributed by atoms with Gasteiger partial charge >= 0.3 is 0 Å². The molecule has 0 aliphatic rings. The third-order valence-corrected chi connectivity index (χ3v) is 2.18. The number of hydrogen-bond donors (Lipinski definition) is 0. The first-order valence-corrected chi connectivity index (χ1v) is 5.34. The van der Waals surface area contributed by atoms with Gasteiger partial charge in [0.2, 0.25) is 0 Å². The van der Waals surface area contributed by atoms with E-state index in [0.717, 1.165) is 0 Å². The molecule has 0 aromatic rings. The molecule has 0 aromatic heterocycles. The Morgan fingerprint density at radius 2 is 1.54 bits per heavy atom. The smallest absolute Gasteiger partial charge is 0.0269 e. The molecule has 0 aromatic carbocycles. The van der Waals surface area contributed by atoms with Gasteiger partial charge in [0, 0.05) is 0 Å². The molecule has 0 spiro atoms. The van der Waals surface area contributed by atoms with E-state index in [1.807, 2.05) is 0 Å². The zero-order valence-corrected chi connectivity index (χ0v) is 9.34. The normalized spacial score (nSPS) is 12.3. The summed E-state index contributed by atoms with van der Waals surface area (Å²) < 4.78 is 0. The van der Waals surface area contributed by atoms with E-state index in [0.29, 0.717) is 0 Å². The average Bonchev–Trinajstić information content (AvgIpc) is 2.13. The Labute approximate surface area is 83.7 Å². The van der Waals surface area contributed by atoms with E-state index in [1.54, 1.807) is 5.92 Å². The Bertz CT molecular complexity index is 142. The highest BCUT2D eigenvalue weighted by atomic mass is 14.0. The molecule has 0 amide bonds. The highest BCUT2D eigenvalue weighted by molar-refractivity contribution is 4.89. The molecular formula is C13H23. The monoisotopic (exact) mass is 179 g/mol. The van der Waals surface area contributed by atoms with E-state index in [2.05, 4.69) is 45.1 Å². The maximum absolute atomic E-state index is 2.28. The van der Waals surface area contributed by atoms with Crippen molar-refractivity contribution < 1.29 is 0 Å². The molecule has 0 atom stereocenters. The van der Waals surface area contributed by atoms with Crippen molar-refractivity contribution in [3.05, 3.63) is 30.2 Å². The summed E-state index contributed by atoms with van der Waals surface area (Å²) in [4.78, 5) is 0. The van der Waals surface area contributed by atoms with Crippen LogP contribution >= 0.6 is 0 Å². The molecule has 0 aliphatic carbocycles. The van der Waals surface area contributed by atoms with Crippen molar-refractivity contribution in [2.45, 2.75) is 52.9 Å². The van der Waals surface area contributed by atoms with Gasteiger partial charge in [0.15, 0.2) is 0 Å². The van der Waals surface area contributed by atoms with Crippen LogP contribution in [-0.2, 0) is 0 Å². The van der Waals surface area contributed by atoms with Crippen molar-refractivity contribution >= 4 is 0 Å². The van der Waals surface area contributed by atoms with Gasteiger partial charge in [0.1, 0.15) is 0 Å². The van der Waals surface area contributed by atoms with Crippen LogP contribution in [0, 0.1) is 5.92 Å². The van der Waals surface area contributed by atoms with E-state index < -0.39 is 0 Å². The Balaban J connectivity index is 3.24. The van der Waals surface area contributed by atoms with E-state index in [1.165, 1.54) is 32.1 Å². The summed E-state index contributed by atoms with van der Waals surface area (Å²) in [6.07, 6.45) is 15.1. The first-order valence-electron chi connectivity index (χ1n) is 5.34. The van der Waals surface area contributed by atoms with Crippen molar-refractivity contribution in [2.24, 2.45) is 0 Å². The summed E-state index contributed by atoms with van der Waals surface area (Å²) in [6.45, 7) is 6.45. The van der Waals surface area contributed by atoms with Crippen molar-refractivity contribution in [3.8, 4) is 0 Å². The Morgan fingerprint density at radius 1 is 0.923 bits per heavy atom. The fraction of sp³-hybridized carbons (Fsp3) is 0.615. The van der Waals surface area contributed by atoms with Gasteiger partial charge in [-0.25, -0.2) is 0 Å². The minimum atomic E-state index is 1.21. The van der Waals surface area contributed by atoms with Crippen LogP contribution in [0.3, 0.4) is 0 Å². The van der Waals surface area contributed by atoms with Gasteiger partial charge < -0.3 is 0 Å². The fourth-order valence-electron chi connectivity index (χ4n) is 1.31. The van der Waals surface area contributed by atoms with E-state index in [-0.39, 0.29) is 0 Å². The number of allylic oxidation sites excluding steroid dienone is 4. The molecule has 0 heterocycles. The molecule has 0 rings (SSSR count). The lowest BCUT2D eigenvalue weighted by atomic mass is 9.98. The SMILES string of the molecule is CC=CCCC[C](C)CCC=CC. The predicted molar refractivity (Wildman–Crippen MR) is 61.6 cm³/mol. The molecule has 0 saturated heterocycles. The van der Waals surface area contributed by atoms with Crippen LogP contribution in [0.1, 0.15) is 52.9 Å². The number of rotatable bonds is 7. The van der Waals surface area contributed by atoms with Gasteiger partial charge in [-0.05, 0) is 51.9 Å². The van der Waals surface area contributed by atoms with Crippen LogP contribution in [0.5, 0.6) is 0 Å². The highest BCUT2D eigenvalue weighted by Gasteiger charge is 1.99. The molecular weight excluding hydrogens is 156 g/mol. The number of hydrogen-bond acceptors (Lipinski definition) is 0. The van der Waals surface area contributed by atoms with E-state index in [4.69, 9.17) is 0 Å². The van der Waals surface area contributed by atoms with Crippen molar-refractivity contribution in [1.29, 1.82) is 0 Å². The maximum Gasteiger partial charge on any atom is -0.0269 e. The molecule has 0 unspecified atom stereocenters. The zero-order valence-electron chi connectivity index (χ0n) is 9.34. The standard InChI is InChI=1S/C13H23/c1-4-6-8-10-12-13(3)11-9-7-5-2/h4-7H,8-12H2,1-3H3. The maximum atomic E-state index is 2.28. The van der Waals surface area contributed by atoms with E-state index in [9.17, 15) is 0 Å². The van der Waals surface area contributed by atoms with Gasteiger partial charge in [-0.3, -0.25) is 0 Å². The van der Waals surface area contributed by atoms with Gasteiger partial charge in [0.05, 0.1) is 0 Å².